The van der Waals surface area contributed by atoms with Crippen molar-refractivity contribution < 1.29 is 28.8 Å². The summed E-state index contributed by atoms with van der Waals surface area (Å²) in [5, 5.41) is 12.4. The fourth-order valence-electron chi connectivity index (χ4n) is 6.32. The molecule has 1 atom stereocenters. The molecule has 11 heteroatoms. The lowest BCUT2D eigenvalue weighted by Gasteiger charge is -2.32. The van der Waals surface area contributed by atoms with Gasteiger partial charge < -0.3 is 38.6 Å². The zero-order valence-corrected chi connectivity index (χ0v) is 28.8. The van der Waals surface area contributed by atoms with Crippen molar-refractivity contribution in [3.63, 3.8) is 0 Å². The molecule has 2 heterocycles. The van der Waals surface area contributed by atoms with Gasteiger partial charge in [0.15, 0.2) is 0 Å². The van der Waals surface area contributed by atoms with Crippen LogP contribution >= 0.6 is 0 Å². The van der Waals surface area contributed by atoms with Crippen molar-refractivity contribution in [2.24, 2.45) is 5.11 Å². The zero-order chi connectivity index (χ0) is 34.2. The maximum Gasteiger partial charge on any atom is 0.123 e. The van der Waals surface area contributed by atoms with Crippen LogP contribution in [0.1, 0.15) is 38.8 Å². The van der Waals surface area contributed by atoms with Gasteiger partial charge in [0.25, 0.3) is 0 Å². The van der Waals surface area contributed by atoms with Crippen LogP contribution in [0.15, 0.2) is 89.7 Å². The van der Waals surface area contributed by atoms with Crippen LogP contribution in [0.4, 0.5) is 11.4 Å². The first-order valence-corrected chi connectivity index (χ1v) is 16.6. The van der Waals surface area contributed by atoms with Crippen molar-refractivity contribution in [2.45, 2.75) is 44.6 Å². The summed E-state index contributed by atoms with van der Waals surface area (Å²) in [6.07, 6.45) is 10.8. The molecule has 48 heavy (non-hydrogen) atoms. The topological polar surface area (TPSA) is 122 Å². The second-order valence-corrected chi connectivity index (χ2v) is 12.6. The van der Waals surface area contributed by atoms with E-state index < -0.39 is 0 Å². The third-order valence-electron chi connectivity index (χ3n) is 8.75. The predicted octanol–water partition coefficient (Wildman–Crippen LogP) is 6.25. The zero-order valence-electron chi connectivity index (χ0n) is 28.8. The van der Waals surface area contributed by atoms with Gasteiger partial charge in [-0.25, -0.2) is 0 Å². The lowest BCUT2D eigenvalue weighted by Crippen LogP contribution is -2.41. The van der Waals surface area contributed by atoms with Crippen molar-refractivity contribution in [3.05, 3.63) is 106 Å². The molecule has 0 aliphatic carbocycles. The Balaban J connectivity index is 1.37. The molecule has 0 saturated heterocycles. The van der Waals surface area contributed by atoms with E-state index >= 15 is 0 Å². The number of aliphatic hydroxyl groups excluding tert-OH is 1. The first-order valence-electron chi connectivity index (χ1n) is 16.6. The predicted molar refractivity (Wildman–Crippen MR) is 189 cm³/mol. The van der Waals surface area contributed by atoms with E-state index in [2.05, 4.69) is 126 Å². The SMILES string of the molecule is CC1(C)\C(=C/C=C/C=C/C2N(COCCOCCOCCN=[N+]=[N-])c3ccccc3C2(C)C)N(COCCOCCO)c2ccccc21. The number of aliphatic hydroxyl groups is 1. The Morgan fingerprint density at radius 1 is 0.750 bits per heavy atom. The number of benzene rings is 2. The molecule has 0 fully saturated rings. The molecule has 1 N–H and O–H groups in total. The number of hydrogen-bond acceptors (Lipinski definition) is 9. The number of ether oxygens (including phenoxy) is 5. The summed E-state index contributed by atoms with van der Waals surface area (Å²) in [5.41, 5.74) is 14.1. The normalized spacial score (nSPS) is 18.6. The second-order valence-electron chi connectivity index (χ2n) is 12.6. The highest BCUT2D eigenvalue weighted by Gasteiger charge is 2.43. The summed E-state index contributed by atoms with van der Waals surface area (Å²) in [4.78, 5) is 7.25. The maximum absolute atomic E-state index is 8.94. The molecule has 0 saturated carbocycles. The van der Waals surface area contributed by atoms with Gasteiger partial charge in [-0.2, -0.15) is 0 Å². The lowest BCUT2D eigenvalue weighted by atomic mass is 9.80. The smallest absolute Gasteiger partial charge is 0.123 e. The Kier molecular flexibility index (Phi) is 14.5. The Labute approximate surface area is 285 Å². The number of rotatable bonds is 21. The van der Waals surface area contributed by atoms with E-state index in [0.717, 1.165) is 11.4 Å². The Bertz CT molecular complexity index is 1430. The molecule has 2 aromatic carbocycles. The van der Waals surface area contributed by atoms with E-state index in [1.54, 1.807) is 0 Å². The van der Waals surface area contributed by atoms with Crippen molar-refractivity contribution in [2.75, 3.05) is 89.3 Å². The third-order valence-corrected chi connectivity index (χ3v) is 8.75. The van der Waals surface area contributed by atoms with Crippen LogP contribution in [0.3, 0.4) is 0 Å². The molecule has 11 nitrogen and oxygen atoms in total. The van der Waals surface area contributed by atoms with E-state index in [9.17, 15) is 0 Å². The van der Waals surface area contributed by atoms with E-state index in [0.29, 0.717) is 72.9 Å². The minimum Gasteiger partial charge on any atom is -0.394 e. The molecular weight excluding hydrogens is 610 g/mol. The summed E-state index contributed by atoms with van der Waals surface area (Å²) in [6.45, 7) is 13.7. The molecule has 2 aliphatic rings. The average molecular weight is 662 g/mol. The Hall–Kier alpha value is -3.67. The van der Waals surface area contributed by atoms with Gasteiger partial charge in [0.05, 0.1) is 65.5 Å². The molecule has 0 bridgehead atoms. The molecule has 260 valence electrons. The van der Waals surface area contributed by atoms with Crippen molar-refractivity contribution in [1.29, 1.82) is 0 Å². The van der Waals surface area contributed by atoms with Gasteiger partial charge in [-0.05, 0) is 34.9 Å². The summed E-state index contributed by atoms with van der Waals surface area (Å²) in [6, 6.07) is 17.1. The van der Waals surface area contributed by atoms with E-state index in [-0.39, 0.29) is 23.5 Å². The van der Waals surface area contributed by atoms with Crippen molar-refractivity contribution in [1.82, 2.24) is 0 Å². The van der Waals surface area contributed by atoms with Crippen LogP contribution in [0.5, 0.6) is 0 Å². The van der Waals surface area contributed by atoms with Gasteiger partial charge in [-0.1, -0.05) is 93.5 Å². The largest absolute Gasteiger partial charge is 0.394 e. The lowest BCUT2D eigenvalue weighted by molar-refractivity contribution is 0.0154. The molecule has 0 amide bonds. The summed E-state index contributed by atoms with van der Waals surface area (Å²) < 4.78 is 28.4. The highest BCUT2D eigenvalue weighted by molar-refractivity contribution is 5.70. The van der Waals surface area contributed by atoms with E-state index in [1.165, 1.54) is 16.8 Å². The van der Waals surface area contributed by atoms with Crippen LogP contribution < -0.4 is 9.80 Å². The van der Waals surface area contributed by atoms with Crippen molar-refractivity contribution >= 4 is 11.4 Å². The summed E-state index contributed by atoms with van der Waals surface area (Å²) in [5.74, 6) is 0. The minimum atomic E-state index is -0.186. The summed E-state index contributed by atoms with van der Waals surface area (Å²) in [7, 11) is 0. The Morgan fingerprint density at radius 3 is 2.06 bits per heavy atom. The van der Waals surface area contributed by atoms with Gasteiger partial charge in [0.1, 0.15) is 13.5 Å². The van der Waals surface area contributed by atoms with Gasteiger partial charge in [0, 0.05) is 39.4 Å². The number of azide groups is 1. The fourth-order valence-corrected chi connectivity index (χ4v) is 6.32. The summed E-state index contributed by atoms with van der Waals surface area (Å²) >= 11 is 0. The molecule has 4 rings (SSSR count). The number of allylic oxidation sites excluding steroid dienone is 5. The molecule has 1 unspecified atom stereocenters. The van der Waals surface area contributed by atoms with Crippen LogP contribution in [0, 0.1) is 0 Å². The molecule has 0 spiro atoms. The highest BCUT2D eigenvalue weighted by atomic mass is 16.5. The van der Waals surface area contributed by atoms with Gasteiger partial charge in [-0.3, -0.25) is 0 Å². The van der Waals surface area contributed by atoms with Gasteiger partial charge in [0.2, 0.25) is 0 Å². The highest BCUT2D eigenvalue weighted by Crippen LogP contribution is 2.48. The molecular formula is C37H51N5O6. The first kappa shape index (κ1) is 37.2. The van der Waals surface area contributed by atoms with Crippen LogP contribution in [0.2, 0.25) is 0 Å². The van der Waals surface area contributed by atoms with E-state index in [4.69, 9.17) is 34.3 Å². The number of para-hydroxylation sites is 2. The fraction of sp³-hybridized carbons (Fsp3) is 0.514. The number of nitrogens with zero attached hydrogens (tertiary/aromatic N) is 5. The number of fused-ring (bicyclic) bond motifs is 2. The van der Waals surface area contributed by atoms with Gasteiger partial charge in [-0.15, -0.1) is 0 Å². The van der Waals surface area contributed by atoms with Crippen molar-refractivity contribution in [3.8, 4) is 0 Å². The molecule has 0 radical (unpaired) electrons. The Morgan fingerprint density at radius 2 is 1.35 bits per heavy atom. The monoisotopic (exact) mass is 661 g/mol. The van der Waals surface area contributed by atoms with E-state index in [1.807, 2.05) is 0 Å². The van der Waals surface area contributed by atoms with Crippen LogP contribution in [0.25, 0.3) is 10.4 Å². The molecule has 2 aromatic rings. The number of anilines is 2. The quantitative estimate of drug-likeness (QED) is 0.0548. The minimum absolute atomic E-state index is 0.00880. The van der Waals surface area contributed by atoms with Crippen LogP contribution in [-0.2, 0) is 34.5 Å². The standard InChI is InChI=1S/C37H51N5O6/c1-36(2)30-12-8-10-14-32(30)41(28-47-26-24-45-21-19-43)34(36)16-6-5-7-17-35-37(3,4)31-13-9-11-15-33(31)42(35)29-48-27-25-46-23-22-44-20-18-39-40-38/h5-17,35,43H,18-29H2,1-4H3/b6-5+,17-7+,34-16+. The second kappa shape index (κ2) is 18.8. The maximum atomic E-state index is 8.94. The third kappa shape index (κ3) is 9.48. The average Bonchev–Trinajstić information content (AvgIpc) is 3.43. The molecule has 0 aromatic heterocycles. The van der Waals surface area contributed by atoms with Crippen LogP contribution in [-0.4, -0.2) is 90.6 Å². The van der Waals surface area contributed by atoms with Gasteiger partial charge >= 0.3 is 0 Å². The first-order chi connectivity index (χ1) is 23.3. The molecule has 2 aliphatic heterocycles. The number of hydrogen-bond donors (Lipinski definition) is 1.